The van der Waals surface area contributed by atoms with E-state index in [0.717, 1.165) is 6.42 Å². The van der Waals surface area contributed by atoms with Gasteiger partial charge in [0.05, 0.1) is 0 Å². The summed E-state index contributed by atoms with van der Waals surface area (Å²) < 4.78 is 0. The van der Waals surface area contributed by atoms with E-state index in [1.165, 1.54) is 84.7 Å². The summed E-state index contributed by atoms with van der Waals surface area (Å²) >= 11 is 0. The van der Waals surface area contributed by atoms with Gasteiger partial charge in [0.25, 0.3) is 0 Å². The van der Waals surface area contributed by atoms with Crippen LogP contribution in [0.15, 0.2) is 84.9 Å². The third kappa shape index (κ3) is 3.93. The van der Waals surface area contributed by atoms with Gasteiger partial charge in [-0.1, -0.05) is 84.9 Å². The average Bonchev–Trinajstić information content (AvgIpc) is 3.27. The van der Waals surface area contributed by atoms with Gasteiger partial charge in [-0.05, 0) is 113 Å². The van der Waals surface area contributed by atoms with E-state index in [-0.39, 0.29) is 0 Å². The molecule has 0 nitrogen and oxygen atoms in total. The second-order valence-corrected chi connectivity index (χ2v) is 9.79. The van der Waals surface area contributed by atoms with Gasteiger partial charge in [0, 0.05) is 0 Å². The molecule has 0 amide bonds. The standard InChI is InChI=1S/C20H22.C13H10/c1-3-11-17-15(7-1)9-5-13-19(17)20-14-6-10-16-8-2-4-12-18(16)20;1-3-7-12-10(5-1)9-11-6-2-4-8-13(11)12/h5-6,9-10,13-14H,1-4,7-8,11-12H2;1-8H,9H2. The lowest BCUT2D eigenvalue weighted by Gasteiger charge is -2.24. The quantitative estimate of drug-likeness (QED) is 0.251. The van der Waals surface area contributed by atoms with Gasteiger partial charge in [0.1, 0.15) is 0 Å². The Morgan fingerprint density at radius 1 is 0.333 bits per heavy atom. The molecular weight excluding hydrogens is 396 g/mol. The number of aryl methyl sites for hydroxylation is 2. The van der Waals surface area contributed by atoms with E-state index in [1.807, 2.05) is 0 Å². The lowest BCUT2D eigenvalue weighted by molar-refractivity contribution is 0.681. The zero-order valence-corrected chi connectivity index (χ0v) is 19.4. The summed E-state index contributed by atoms with van der Waals surface area (Å²) in [4.78, 5) is 0. The molecule has 0 aromatic heterocycles. The van der Waals surface area contributed by atoms with E-state index in [2.05, 4.69) is 84.9 Å². The van der Waals surface area contributed by atoms with Gasteiger partial charge in [-0.3, -0.25) is 0 Å². The average molecular weight is 429 g/mol. The fraction of sp³-hybridized carbons (Fsp3) is 0.273. The summed E-state index contributed by atoms with van der Waals surface area (Å²) in [5.41, 5.74) is 15.3. The topological polar surface area (TPSA) is 0 Å². The Bertz CT molecular complexity index is 1190. The zero-order valence-electron chi connectivity index (χ0n) is 19.4. The smallest absolute Gasteiger partial charge is 0.00135 e. The fourth-order valence-electron chi connectivity index (χ4n) is 6.15. The molecule has 7 rings (SSSR count). The van der Waals surface area contributed by atoms with Crippen molar-refractivity contribution in [2.24, 2.45) is 0 Å². The minimum absolute atomic E-state index is 1.10. The van der Waals surface area contributed by atoms with Gasteiger partial charge in [0.2, 0.25) is 0 Å². The van der Waals surface area contributed by atoms with Gasteiger partial charge in [-0.25, -0.2) is 0 Å². The zero-order chi connectivity index (χ0) is 22.0. The van der Waals surface area contributed by atoms with Crippen LogP contribution in [0.2, 0.25) is 0 Å². The normalized spacial score (nSPS) is 15.4. The van der Waals surface area contributed by atoms with Crippen molar-refractivity contribution < 1.29 is 0 Å². The van der Waals surface area contributed by atoms with Crippen molar-refractivity contribution in [3.63, 3.8) is 0 Å². The van der Waals surface area contributed by atoms with Crippen LogP contribution in [-0.4, -0.2) is 0 Å². The molecule has 0 heterocycles. The number of rotatable bonds is 1. The Morgan fingerprint density at radius 2 is 0.727 bits per heavy atom. The Morgan fingerprint density at radius 3 is 1.24 bits per heavy atom. The molecule has 0 saturated heterocycles. The van der Waals surface area contributed by atoms with E-state index in [1.54, 1.807) is 22.3 Å². The summed E-state index contributed by atoms with van der Waals surface area (Å²) in [6.45, 7) is 0. The van der Waals surface area contributed by atoms with Crippen molar-refractivity contribution >= 4 is 0 Å². The second kappa shape index (κ2) is 9.02. The van der Waals surface area contributed by atoms with Crippen molar-refractivity contribution in [1.29, 1.82) is 0 Å². The molecule has 3 aliphatic carbocycles. The molecule has 0 unspecified atom stereocenters. The molecule has 0 fully saturated rings. The van der Waals surface area contributed by atoms with Gasteiger partial charge in [-0.2, -0.15) is 0 Å². The lowest BCUT2D eigenvalue weighted by atomic mass is 9.81. The summed E-state index contributed by atoms with van der Waals surface area (Å²) in [5, 5.41) is 0. The van der Waals surface area contributed by atoms with Crippen LogP contribution in [0.1, 0.15) is 59.1 Å². The monoisotopic (exact) mass is 428 g/mol. The van der Waals surface area contributed by atoms with E-state index in [9.17, 15) is 0 Å². The Balaban J connectivity index is 0.000000137. The Kier molecular flexibility index (Phi) is 5.60. The maximum atomic E-state index is 2.36. The van der Waals surface area contributed by atoms with Crippen LogP contribution >= 0.6 is 0 Å². The van der Waals surface area contributed by atoms with Crippen LogP contribution in [0.25, 0.3) is 22.3 Å². The van der Waals surface area contributed by atoms with E-state index >= 15 is 0 Å². The minimum atomic E-state index is 1.10. The van der Waals surface area contributed by atoms with Gasteiger partial charge < -0.3 is 0 Å². The molecular formula is C33H32. The first-order valence-corrected chi connectivity index (χ1v) is 12.8. The fourth-order valence-corrected chi connectivity index (χ4v) is 6.15. The van der Waals surface area contributed by atoms with Crippen LogP contribution < -0.4 is 0 Å². The highest BCUT2D eigenvalue weighted by atomic mass is 14.2. The molecule has 0 atom stereocenters. The van der Waals surface area contributed by atoms with Crippen LogP contribution in [0.3, 0.4) is 0 Å². The van der Waals surface area contributed by atoms with Crippen molar-refractivity contribution in [1.82, 2.24) is 0 Å². The maximum Gasteiger partial charge on any atom is -0.00135 e. The third-order valence-electron chi connectivity index (χ3n) is 7.79. The number of fused-ring (bicyclic) bond motifs is 5. The van der Waals surface area contributed by atoms with E-state index in [0.29, 0.717) is 0 Å². The van der Waals surface area contributed by atoms with E-state index < -0.39 is 0 Å². The minimum Gasteiger partial charge on any atom is -0.0619 e. The van der Waals surface area contributed by atoms with Crippen molar-refractivity contribution in [3.8, 4) is 22.3 Å². The largest absolute Gasteiger partial charge is 0.0619 e. The summed E-state index contributed by atoms with van der Waals surface area (Å²) in [6, 6.07) is 31.2. The second-order valence-electron chi connectivity index (χ2n) is 9.79. The summed E-state index contributed by atoms with van der Waals surface area (Å²) in [5.74, 6) is 0. The molecule has 0 bridgehead atoms. The Labute approximate surface area is 198 Å². The number of hydrogen-bond acceptors (Lipinski definition) is 0. The van der Waals surface area contributed by atoms with Crippen LogP contribution in [0.5, 0.6) is 0 Å². The first-order chi connectivity index (χ1) is 16.4. The van der Waals surface area contributed by atoms with Crippen molar-refractivity contribution in [2.75, 3.05) is 0 Å². The highest BCUT2D eigenvalue weighted by Gasteiger charge is 2.19. The number of hydrogen-bond donors (Lipinski definition) is 0. The summed E-state index contributed by atoms with van der Waals surface area (Å²) in [6.07, 6.45) is 11.7. The lowest BCUT2D eigenvalue weighted by Crippen LogP contribution is -2.08. The molecule has 164 valence electrons. The number of benzene rings is 4. The highest BCUT2D eigenvalue weighted by Crippen LogP contribution is 2.37. The predicted molar refractivity (Wildman–Crippen MR) is 140 cm³/mol. The Hall–Kier alpha value is -3.12. The first kappa shape index (κ1) is 20.5. The first-order valence-electron chi connectivity index (χ1n) is 12.8. The van der Waals surface area contributed by atoms with Crippen molar-refractivity contribution in [3.05, 3.63) is 118 Å². The van der Waals surface area contributed by atoms with Crippen molar-refractivity contribution in [2.45, 2.75) is 57.8 Å². The molecule has 0 radical (unpaired) electrons. The van der Waals surface area contributed by atoms with Crippen LogP contribution in [0, 0.1) is 0 Å². The molecule has 33 heavy (non-hydrogen) atoms. The molecule has 4 aromatic carbocycles. The molecule has 0 aliphatic heterocycles. The predicted octanol–water partition coefficient (Wildman–Crippen LogP) is 8.37. The highest BCUT2D eigenvalue weighted by molar-refractivity contribution is 5.76. The molecule has 0 saturated carbocycles. The SMILES string of the molecule is c1cc2c(c(-c3cccc4c3CCCC4)c1)CCCC2.c1ccc2c(c1)Cc1ccccc1-2. The molecule has 0 spiro atoms. The van der Waals surface area contributed by atoms with Gasteiger partial charge in [0.15, 0.2) is 0 Å². The van der Waals surface area contributed by atoms with E-state index in [4.69, 9.17) is 0 Å². The molecule has 3 aliphatic rings. The van der Waals surface area contributed by atoms with Gasteiger partial charge in [-0.15, -0.1) is 0 Å². The molecule has 0 heteroatoms. The summed E-state index contributed by atoms with van der Waals surface area (Å²) in [7, 11) is 0. The maximum absolute atomic E-state index is 2.36. The third-order valence-corrected chi connectivity index (χ3v) is 7.79. The molecule has 4 aromatic rings. The molecule has 0 N–H and O–H groups in total. The van der Waals surface area contributed by atoms with Crippen LogP contribution in [0.4, 0.5) is 0 Å². The van der Waals surface area contributed by atoms with Gasteiger partial charge >= 0.3 is 0 Å². The van der Waals surface area contributed by atoms with Crippen LogP contribution in [-0.2, 0) is 32.1 Å².